The number of alkyl halides is 4. The van der Waals surface area contributed by atoms with Crippen molar-refractivity contribution in [3.63, 3.8) is 0 Å². The van der Waals surface area contributed by atoms with Gasteiger partial charge in [0.15, 0.2) is 0 Å². The van der Waals surface area contributed by atoms with Gasteiger partial charge in [-0.15, -0.1) is 0 Å². The Morgan fingerprint density at radius 2 is 1.90 bits per heavy atom. The fourth-order valence-corrected chi connectivity index (χ4v) is 0.327. The molecule has 0 rings (SSSR count). The molecular weight excluding hydrogens is 152 g/mol. The topological polar surface area (TPSA) is 9.23 Å². The maximum Gasteiger partial charge on any atom is 0.352 e. The molecule has 0 unspecified atom stereocenters. The lowest BCUT2D eigenvalue weighted by atomic mass is 10.5. The monoisotopic (exact) mass is 160 g/mol. The first-order valence-corrected chi connectivity index (χ1v) is 2.72. The van der Waals surface area contributed by atoms with E-state index in [4.69, 9.17) is 0 Å². The molecule has 0 aromatic heterocycles. The number of hydrogen-bond acceptors (Lipinski definition) is 1. The minimum absolute atomic E-state index is 0.512. The lowest BCUT2D eigenvalue weighted by Gasteiger charge is -2.09. The van der Waals surface area contributed by atoms with Gasteiger partial charge in [-0.05, 0) is 0 Å². The molecule has 1 nitrogen and oxygen atoms in total. The first-order valence-electron chi connectivity index (χ1n) is 2.72. The van der Waals surface area contributed by atoms with E-state index in [1.54, 1.807) is 0 Å². The van der Waals surface area contributed by atoms with Crippen LogP contribution in [-0.2, 0) is 4.74 Å². The lowest BCUT2D eigenvalue weighted by Crippen LogP contribution is -2.17. The quantitative estimate of drug-likeness (QED) is 0.573. The molecule has 0 saturated heterocycles. The average Bonchev–Trinajstić information content (AvgIpc) is 1.59. The van der Waals surface area contributed by atoms with Gasteiger partial charge < -0.3 is 4.74 Å². The van der Waals surface area contributed by atoms with Gasteiger partial charge in [-0.3, -0.25) is 0 Å². The van der Waals surface area contributed by atoms with Crippen molar-refractivity contribution in [3.05, 3.63) is 0 Å². The summed E-state index contributed by atoms with van der Waals surface area (Å²) < 4.78 is 49.7. The van der Waals surface area contributed by atoms with Gasteiger partial charge in [0, 0.05) is 13.3 Å². The largest absolute Gasteiger partial charge is 0.352 e. The molecule has 0 fully saturated rings. The van der Waals surface area contributed by atoms with Crippen LogP contribution in [0.15, 0.2) is 0 Å². The lowest BCUT2D eigenvalue weighted by molar-refractivity contribution is -0.226. The number of halogens is 4. The molecular formula is C5H8F4O. The van der Waals surface area contributed by atoms with Crippen molar-refractivity contribution in [1.82, 2.24) is 0 Å². The Hall–Kier alpha value is -0.320. The van der Waals surface area contributed by atoms with Crippen LogP contribution in [0, 0.1) is 0 Å². The second-order valence-corrected chi connectivity index (χ2v) is 1.84. The summed E-state index contributed by atoms with van der Waals surface area (Å²) in [6.45, 7) is -0.0976. The summed E-state index contributed by atoms with van der Waals surface area (Å²) in [6, 6.07) is 0. The maximum absolute atomic E-state index is 11.7. The molecule has 0 amide bonds. The Morgan fingerprint density at radius 1 is 1.40 bits per heavy atom. The van der Waals surface area contributed by atoms with Crippen LogP contribution in [0.2, 0.25) is 0 Å². The third-order valence-corrected chi connectivity index (χ3v) is 0.692. The van der Waals surface area contributed by atoms with E-state index < -0.39 is 25.6 Å². The second-order valence-electron chi connectivity index (χ2n) is 1.84. The van der Waals surface area contributed by atoms with Crippen molar-refractivity contribution in [2.45, 2.75) is 25.9 Å². The predicted molar refractivity (Wildman–Crippen MR) is 27.2 cm³/mol. The molecule has 5 heteroatoms. The Bertz CT molecular complexity index is 88.1. The minimum Gasteiger partial charge on any atom is -0.320 e. The molecule has 10 heavy (non-hydrogen) atoms. The first-order chi connectivity index (χ1) is 4.42. The normalized spacial score (nSPS) is 12.6. The predicted octanol–water partition coefficient (Wildman–Crippen LogP) is 2.27. The zero-order valence-corrected chi connectivity index (χ0v) is 5.41. The summed E-state index contributed by atoms with van der Waals surface area (Å²) in [4.78, 5) is 0. The highest BCUT2D eigenvalue weighted by Gasteiger charge is 2.21. The summed E-state index contributed by atoms with van der Waals surface area (Å²) in [7, 11) is 0. The van der Waals surface area contributed by atoms with Gasteiger partial charge in [-0.25, -0.2) is 8.78 Å². The molecule has 62 valence electrons. The average molecular weight is 160 g/mol. The summed E-state index contributed by atoms with van der Waals surface area (Å²) in [5.41, 5.74) is 0. The highest BCUT2D eigenvalue weighted by molar-refractivity contribution is 4.42. The molecule has 0 heterocycles. The van der Waals surface area contributed by atoms with Crippen molar-refractivity contribution < 1.29 is 22.3 Å². The molecule has 0 aromatic carbocycles. The van der Waals surface area contributed by atoms with Crippen LogP contribution < -0.4 is 0 Å². The third-order valence-electron chi connectivity index (χ3n) is 0.692. The fraction of sp³-hybridized carbons (Fsp3) is 1.00. The van der Waals surface area contributed by atoms with Crippen LogP contribution in [-0.4, -0.2) is 19.1 Å². The Labute approximate surface area is 56.0 Å². The van der Waals surface area contributed by atoms with Gasteiger partial charge in [0.2, 0.25) is 6.43 Å². The van der Waals surface area contributed by atoms with Gasteiger partial charge in [0.25, 0.3) is 0 Å². The summed E-state index contributed by atoms with van der Waals surface area (Å²) in [5, 5.41) is 0. The SMILES string of the molecule is CC(F)(F)OCCC(F)F. The van der Waals surface area contributed by atoms with Crippen molar-refractivity contribution >= 4 is 0 Å². The number of rotatable bonds is 4. The number of ether oxygens (including phenoxy) is 1. The molecule has 0 atom stereocenters. The van der Waals surface area contributed by atoms with Crippen LogP contribution >= 0.6 is 0 Å². The Kier molecular flexibility index (Phi) is 3.63. The van der Waals surface area contributed by atoms with Gasteiger partial charge in [0.1, 0.15) is 0 Å². The van der Waals surface area contributed by atoms with E-state index in [2.05, 4.69) is 4.74 Å². The van der Waals surface area contributed by atoms with Gasteiger partial charge in [-0.2, -0.15) is 8.78 Å². The molecule has 0 aliphatic rings. The summed E-state index contributed by atoms with van der Waals surface area (Å²) in [6.07, 6.45) is -6.53. The minimum atomic E-state index is -3.30. The van der Waals surface area contributed by atoms with E-state index in [0.29, 0.717) is 6.92 Å². The van der Waals surface area contributed by atoms with Crippen LogP contribution in [0.5, 0.6) is 0 Å². The summed E-state index contributed by atoms with van der Waals surface area (Å²) in [5.74, 6) is 0. The van der Waals surface area contributed by atoms with Crippen LogP contribution in [0.3, 0.4) is 0 Å². The Balaban J connectivity index is 3.21. The molecule has 0 radical (unpaired) electrons. The highest BCUT2D eigenvalue weighted by Crippen LogP contribution is 2.14. The van der Waals surface area contributed by atoms with E-state index in [1.807, 2.05) is 0 Å². The molecule has 0 aliphatic carbocycles. The Morgan fingerprint density at radius 3 is 2.20 bits per heavy atom. The van der Waals surface area contributed by atoms with Gasteiger partial charge in [0.05, 0.1) is 6.61 Å². The van der Waals surface area contributed by atoms with E-state index in [-0.39, 0.29) is 0 Å². The summed E-state index contributed by atoms with van der Waals surface area (Å²) >= 11 is 0. The van der Waals surface area contributed by atoms with E-state index in [0.717, 1.165) is 0 Å². The zero-order valence-electron chi connectivity index (χ0n) is 5.41. The van der Waals surface area contributed by atoms with Crippen LogP contribution in [0.4, 0.5) is 17.6 Å². The smallest absolute Gasteiger partial charge is 0.320 e. The highest BCUT2D eigenvalue weighted by atomic mass is 19.3. The number of hydrogen-bond donors (Lipinski definition) is 0. The van der Waals surface area contributed by atoms with Crippen molar-refractivity contribution in [2.24, 2.45) is 0 Å². The molecule has 0 saturated carbocycles. The van der Waals surface area contributed by atoms with Crippen molar-refractivity contribution in [2.75, 3.05) is 6.61 Å². The molecule has 0 N–H and O–H groups in total. The first kappa shape index (κ1) is 9.68. The van der Waals surface area contributed by atoms with Crippen LogP contribution in [0.1, 0.15) is 13.3 Å². The zero-order chi connectivity index (χ0) is 8.20. The van der Waals surface area contributed by atoms with Crippen molar-refractivity contribution in [1.29, 1.82) is 0 Å². The molecule has 0 aromatic rings. The second kappa shape index (κ2) is 3.75. The maximum atomic E-state index is 11.7. The molecule has 0 bridgehead atoms. The third kappa shape index (κ3) is 7.68. The van der Waals surface area contributed by atoms with E-state index in [9.17, 15) is 17.6 Å². The van der Waals surface area contributed by atoms with Crippen LogP contribution in [0.25, 0.3) is 0 Å². The molecule has 0 aliphatic heterocycles. The van der Waals surface area contributed by atoms with Gasteiger partial charge in [-0.1, -0.05) is 0 Å². The van der Waals surface area contributed by atoms with E-state index in [1.165, 1.54) is 0 Å². The van der Waals surface area contributed by atoms with Gasteiger partial charge >= 0.3 is 6.11 Å². The standard InChI is InChI=1S/C5H8F4O/c1-5(8,9)10-3-2-4(6)7/h4H,2-3H2,1H3. The molecule has 0 spiro atoms. The van der Waals surface area contributed by atoms with Crippen molar-refractivity contribution in [3.8, 4) is 0 Å². The fourth-order valence-electron chi connectivity index (χ4n) is 0.327. The van der Waals surface area contributed by atoms with E-state index >= 15 is 0 Å².